The summed E-state index contributed by atoms with van der Waals surface area (Å²) < 4.78 is 26.7. The summed E-state index contributed by atoms with van der Waals surface area (Å²) in [5.74, 6) is -1.13. The van der Waals surface area contributed by atoms with Crippen LogP contribution in [0.5, 0.6) is 0 Å². The molecule has 8 nitrogen and oxygen atoms in total. The van der Waals surface area contributed by atoms with Crippen molar-refractivity contribution in [3.63, 3.8) is 0 Å². The third-order valence-electron chi connectivity index (χ3n) is 6.87. The Morgan fingerprint density at radius 2 is 1.75 bits per heavy atom. The maximum absolute atomic E-state index is 13.2. The predicted octanol–water partition coefficient (Wildman–Crippen LogP) is 5.51. The second-order valence-electron chi connectivity index (χ2n) is 9.48. The van der Waals surface area contributed by atoms with Crippen LogP contribution in [0.3, 0.4) is 0 Å². The average Bonchev–Trinajstić information content (AvgIpc) is 3.25. The number of aliphatic carboxylic acids is 1. The molecule has 0 saturated heterocycles. The van der Waals surface area contributed by atoms with Crippen LogP contribution in [0.1, 0.15) is 37.0 Å². The number of carboxylic acid groups (broad SMARTS) is 1. The van der Waals surface area contributed by atoms with Gasteiger partial charge in [-0.05, 0) is 73.1 Å². The van der Waals surface area contributed by atoms with E-state index in [1.807, 2.05) is 56.3 Å². The first-order chi connectivity index (χ1) is 19.1. The fraction of sp³-hybridized carbons (Fsp3) is 0.267. The quantitative estimate of drug-likeness (QED) is 0.227. The Labute approximate surface area is 243 Å². The molecule has 10 heteroatoms. The fourth-order valence-electron chi connectivity index (χ4n) is 4.60. The molecule has 1 amide bonds. The van der Waals surface area contributed by atoms with Crippen molar-refractivity contribution >= 4 is 60.3 Å². The molecule has 3 aromatic carbocycles. The van der Waals surface area contributed by atoms with E-state index in [2.05, 4.69) is 31.5 Å². The molecule has 3 aromatic rings. The minimum Gasteiger partial charge on any atom is -0.481 e. The number of sulfone groups is 1. The Kier molecular flexibility index (Phi) is 9.44. The van der Waals surface area contributed by atoms with Crippen molar-refractivity contribution in [1.82, 2.24) is 4.90 Å². The molecule has 0 spiro atoms. The summed E-state index contributed by atoms with van der Waals surface area (Å²) in [7, 11) is -3.46. The number of hydrogen-bond donors (Lipinski definition) is 3. The van der Waals surface area contributed by atoms with Gasteiger partial charge in [-0.1, -0.05) is 54.0 Å². The maximum Gasteiger partial charge on any atom is 0.303 e. The van der Waals surface area contributed by atoms with Gasteiger partial charge in [0.2, 0.25) is 0 Å². The van der Waals surface area contributed by atoms with Crippen LogP contribution >= 0.6 is 15.9 Å². The second kappa shape index (κ2) is 12.8. The minimum atomic E-state index is -3.46. The van der Waals surface area contributed by atoms with Crippen LogP contribution in [0, 0.1) is 0 Å². The van der Waals surface area contributed by atoms with Crippen LogP contribution in [-0.4, -0.2) is 55.7 Å². The Balaban J connectivity index is 1.71. The van der Waals surface area contributed by atoms with E-state index >= 15 is 0 Å². The van der Waals surface area contributed by atoms with Crippen LogP contribution in [0.4, 0.5) is 11.4 Å². The molecule has 0 bridgehead atoms. The van der Waals surface area contributed by atoms with Gasteiger partial charge >= 0.3 is 5.97 Å². The molecule has 0 aliphatic carbocycles. The highest BCUT2D eigenvalue weighted by molar-refractivity contribution is 9.10. The van der Waals surface area contributed by atoms with Gasteiger partial charge in [0.25, 0.3) is 5.91 Å². The normalized spacial score (nSPS) is 14.2. The maximum atomic E-state index is 13.2. The molecule has 1 heterocycles. The van der Waals surface area contributed by atoms with Gasteiger partial charge in [0.05, 0.1) is 27.6 Å². The smallest absolute Gasteiger partial charge is 0.303 e. The zero-order valence-electron chi connectivity index (χ0n) is 22.4. The second-order valence-corrected chi connectivity index (χ2v) is 12.5. The van der Waals surface area contributed by atoms with Gasteiger partial charge in [-0.2, -0.15) is 0 Å². The SMILES string of the molecule is CCN(CC)CCS(=O)(=O)c1ccc(NC(=C2C(=O)Nc3cc(Br)ccc32)c2cccc(CCC(=O)O)c2)cc1. The Bertz CT molecular complexity index is 1550. The number of benzene rings is 3. The van der Waals surface area contributed by atoms with E-state index in [-0.39, 0.29) is 23.0 Å². The van der Waals surface area contributed by atoms with Crippen LogP contribution < -0.4 is 10.6 Å². The number of amides is 1. The van der Waals surface area contributed by atoms with Crippen molar-refractivity contribution in [3.8, 4) is 0 Å². The van der Waals surface area contributed by atoms with E-state index in [1.54, 1.807) is 24.3 Å². The first-order valence-corrected chi connectivity index (χ1v) is 15.5. The monoisotopic (exact) mass is 625 g/mol. The molecule has 0 unspecified atom stereocenters. The summed E-state index contributed by atoms with van der Waals surface area (Å²) in [6.07, 6.45) is 0.339. The molecule has 210 valence electrons. The van der Waals surface area contributed by atoms with E-state index in [1.165, 1.54) is 0 Å². The molecule has 4 rings (SSSR count). The summed E-state index contributed by atoms with van der Waals surface area (Å²) >= 11 is 3.45. The highest BCUT2D eigenvalue weighted by Crippen LogP contribution is 2.39. The lowest BCUT2D eigenvalue weighted by Gasteiger charge is -2.18. The van der Waals surface area contributed by atoms with Crippen LogP contribution in [-0.2, 0) is 25.8 Å². The van der Waals surface area contributed by atoms with Gasteiger partial charge in [0.1, 0.15) is 0 Å². The number of carboxylic acids is 1. The third-order valence-corrected chi connectivity index (χ3v) is 9.08. The number of aryl methyl sites for hydroxylation is 1. The highest BCUT2D eigenvalue weighted by Gasteiger charge is 2.29. The molecule has 1 aliphatic heterocycles. The van der Waals surface area contributed by atoms with Gasteiger partial charge in [-0.3, -0.25) is 9.59 Å². The van der Waals surface area contributed by atoms with Crippen molar-refractivity contribution < 1.29 is 23.1 Å². The van der Waals surface area contributed by atoms with Crippen molar-refractivity contribution in [2.45, 2.75) is 31.6 Å². The summed E-state index contributed by atoms with van der Waals surface area (Å²) in [5, 5.41) is 15.4. The number of nitrogens with one attached hydrogen (secondary N) is 2. The highest BCUT2D eigenvalue weighted by atomic mass is 79.9. The Morgan fingerprint density at radius 3 is 2.42 bits per heavy atom. The van der Waals surface area contributed by atoms with Gasteiger partial charge in [-0.15, -0.1) is 0 Å². The predicted molar refractivity (Wildman–Crippen MR) is 162 cm³/mol. The molecule has 40 heavy (non-hydrogen) atoms. The van der Waals surface area contributed by atoms with Crippen molar-refractivity contribution in [3.05, 3.63) is 87.9 Å². The summed E-state index contributed by atoms with van der Waals surface area (Å²) in [4.78, 5) is 26.7. The minimum absolute atomic E-state index is 0.00958. The number of rotatable bonds is 12. The zero-order chi connectivity index (χ0) is 28.9. The molecule has 1 aliphatic rings. The average molecular weight is 627 g/mol. The first kappa shape index (κ1) is 29.5. The molecule has 0 aromatic heterocycles. The van der Waals surface area contributed by atoms with E-state index in [0.717, 1.165) is 28.7 Å². The lowest BCUT2D eigenvalue weighted by atomic mass is 9.98. The lowest BCUT2D eigenvalue weighted by Crippen LogP contribution is -2.29. The number of nitrogens with zero attached hydrogens (tertiary/aromatic N) is 1. The summed E-state index contributed by atoms with van der Waals surface area (Å²) in [5.41, 5.74) is 4.51. The van der Waals surface area contributed by atoms with Crippen molar-refractivity contribution in [2.24, 2.45) is 0 Å². The molecular formula is C30H32BrN3O5S. The molecule has 0 fully saturated rings. The third kappa shape index (κ3) is 6.99. The van der Waals surface area contributed by atoms with E-state index in [4.69, 9.17) is 5.11 Å². The molecule has 0 radical (unpaired) electrons. The van der Waals surface area contributed by atoms with Crippen molar-refractivity contribution in [2.75, 3.05) is 36.0 Å². The molecular weight excluding hydrogens is 594 g/mol. The largest absolute Gasteiger partial charge is 0.481 e. The Hall–Kier alpha value is -3.47. The Morgan fingerprint density at radius 1 is 1.02 bits per heavy atom. The lowest BCUT2D eigenvalue weighted by molar-refractivity contribution is -0.137. The number of anilines is 2. The van der Waals surface area contributed by atoms with E-state index in [9.17, 15) is 18.0 Å². The zero-order valence-corrected chi connectivity index (χ0v) is 24.8. The van der Waals surface area contributed by atoms with Crippen LogP contribution in [0.15, 0.2) is 76.1 Å². The molecule has 0 atom stereocenters. The van der Waals surface area contributed by atoms with E-state index < -0.39 is 15.8 Å². The number of halogens is 1. The number of carbonyl (C=O) groups excluding carboxylic acids is 1. The number of hydrogen-bond acceptors (Lipinski definition) is 6. The van der Waals surface area contributed by atoms with Gasteiger partial charge < -0.3 is 20.6 Å². The van der Waals surface area contributed by atoms with Gasteiger partial charge in [0, 0.05) is 28.7 Å². The molecule has 0 saturated carbocycles. The van der Waals surface area contributed by atoms with Gasteiger partial charge in [0.15, 0.2) is 9.84 Å². The standard InChI is InChI=1S/C30H32BrN3O5S/c1-3-34(4-2)16-17-40(38,39)24-12-10-23(11-13-24)32-29(21-7-5-6-20(18-21)8-15-27(35)36)28-25-14-9-22(31)19-26(25)33-30(28)37/h5-7,9-14,18-19,32H,3-4,8,15-17H2,1-2H3,(H,33,37)(H,35,36). The van der Waals surface area contributed by atoms with Crippen LogP contribution in [0.2, 0.25) is 0 Å². The van der Waals surface area contributed by atoms with E-state index in [0.29, 0.717) is 41.2 Å². The summed E-state index contributed by atoms with van der Waals surface area (Å²) in [6.45, 7) is 6.06. The topological polar surface area (TPSA) is 116 Å². The molecule has 3 N–H and O–H groups in total. The van der Waals surface area contributed by atoms with Gasteiger partial charge in [-0.25, -0.2) is 8.42 Å². The van der Waals surface area contributed by atoms with Crippen LogP contribution in [0.25, 0.3) is 11.3 Å². The number of carbonyl (C=O) groups is 2. The number of fused-ring (bicyclic) bond motifs is 1. The fourth-order valence-corrected chi connectivity index (χ4v) is 6.25. The van der Waals surface area contributed by atoms with Crippen molar-refractivity contribution in [1.29, 1.82) is 0 Å². The summed E-state index contributed by atoms with van der Waals surface area (Å²) in [6, 6.07) is 19.5. The first-order valence-electron chi connectivity index (χ1n) is 13.1.